The summed E-state index contributed by atoms with van der Waals surface area (Å²) >= 11 is 5.88. The molecule has 0 bridgehead atoms. The maximum absolute atomic E-state index is 12.3. The number of rotatable bonds is 5. The van der Waals surface area contributed by atoms with Crippen LogP contribution in [-0.4, -0.2) is 17.7 Å². The number of carbonyl (C=O) groups is 2. The Labute approximate surface area is 128 Å². The standard InChI is InChI=1S/C17H15ClO3/c1-11(19)13-5-4-8-16(10-13)21-12(2)17(20)14-6-3-7-15(18)9-14/h3-10,12H,1-2H3. The van der Waals surface area contributed by atoms with E-state index in [9.17, 15) is 9.59 Å². The van der Waals surface area contributed by atoms with E-state index >= 15 is 0 Å². The number of Topliss-reactive ketones (excluding diaryl/α,β-unsaturated/α-hetero) is 2. The Morgan fingerprint density at radius 3 is 2.38 bits per heavy atom. The zero-order valence-corrected chi connectivity index (χ0v) is 12.6. The smallest absolute Gasteiger partial charge is 0.203 e. The Balaban J connectivity index is 2.14. The third kappa shape index (κ3) is 3.92. The summed E-state index contributed by atoms with van der Waals surface area (Å²) in [5.74, 6) is 0.283. The molecule has 1 atom stereocenters. The van der Waals surface area contributed by atoms with Crippen molar-refractivity contribution in [1.29, 1.82) is 0 Å². The van der Waals surface area contributed by atoms with Crippen molar-refractivity contribution in [3.05, 3.63) is 64.7 Å². The highest BCUT2D eigenvalue weighted by atomic mass is 35.5. The average molecular weight is 303 g/mol. The predicted molar refractivity (Wildman–Crippen MR) is 82.3 cm³/mol. The molecule has 2 aromatic rings. The summed E-state index contributed by atoms with van der Waals surface area (Å²) < 4.78 is 5.62. The number of halogens is 1. The van der Waals surface area contributed by atoms with Crippen molar-refractivity contribution < 1.29 is 14.3 Å². The number of ether oxygens (including phenoxy) is 1. The van der Waals surface area contributed by atoms with Gasteiger partial charge in [0.2, 0.25) is 5.78 Å². The summed E-state index contributed by atoms with van der Waals surface area (Å²) in [5, 5.41) is 0.506. The SMILES string of the molecule is CC(=O)c1cccc(OC(C)C(=O)c2cccc(Cl)c2)c1. The molecule has 0 spiro atoms. The Kier molecular flexibility index (Phi) is 4.76. The van der Waals surface area contributed by atoms with Crippen molar-refractivity contribution in [3.63, 3.8) is 0 Å². The second kappa shape index (κ2) is 6.55. The van der Waals surface area contributed by atoms with Gasteiger partial charge in [-0.25, -0.2) is 0 Å². The largest absolute Gasteiger partial charge is 0.483 e. The summed E-state index contributed by atoms with van der Waals surface area (Å²) in [6.45, 7) is 3.16. The van der Waals surface area contributed by atoms with Crippen LogP contribution in [0.1, 0.15) is 34.6 Å². The van der Waals surface area contributed by atoms with Crippen molar-refractivity contribution in [2.45, 2.75) is 20.0 Å². The molecule has 0 radical (unpaired) electrons. The molecule has 0 aliphatic rings. The van der Waals surface area contributed by atoms with Crippen molar-refractivity contribution in [2.75, 3.05) is 0 Å². The van der Waals surface area contributed by atoms with Crippen LogP contribution in [0, 0.1) is 0 Å². The monoisotopic (exact) mass is 302 g/mol. The Morgan fingerprint density at radius 2 is 1.71 bits per heavy atom. The zero-order chi connectivity index (χ0) is 15.4. The predicted octanol–water partition coefficient (Wildman–Crippen LogP) is 4.19. The Hall–Kier alpha value is -2.13. The molecule has 0 saturated carbocycles. The minimum absolute atomic E-state index is 0.0470. The van der Waals surface area contributed by atoms with E-state index in [-0.39, 0.29) is 11.6 Å². The molecule has 108 valence electrons. The highest BCUT2D eigenvalue weighted by molar-refractivity contribution is 6.31. The molecular formula is C17H15ClO3. The first kappa shape index (κ1) is 15.3. The van der Waals surface area contributed by atoms with Gasteiger partial charge in [0.05, 0.1) is 0 Å². The summed E-state index contributed by atoms with van der Waals surface area (Å²) in [6.07, 6.45) is -0.661. The van der Waals surface area contributed by atoms with Gasteiger partial charge >= 0.3 is 0 Å². The normalized spacial score (nSPS) is 11.8. The van der Waals surface area contributed by atoms with E-state index in [0.717, 1.165) is 0 Å². The van der Waals surface area contributed by atoms with E-state index in [4.69, 9.17) is 16.3 Å². The molecule has 0 aliphatic carbocycles. The number of carbonyl (C=O) groups excluding carboxylic acids is 2. The molecule has 21 heavy (non-hydrogen) atoms. The number of hydrogen-bond acceptors (Lipinski definition) is 3. The highest BCUT2D eigenvalue weighted by Gasteiger charge is 2.17. The minimum Gasteiger partial charge on any atom is -0.483 e. The third-order valence-corrected chi connectivity index (χ3v) is 3.27. The lowest BCUT2D eigenvalue weighted by Gasteiger charge is -2.14. The second-order valence-electron chi connectivity index (χ2n) is 4.72. The van der Waals surface area contributed by atoms with Gasteiger partial charge in [-0.05, 0) is 38.1 Å². The van der Waals surface area contributed by atoms with Crippen LogP contribution in [0.2, 0.25) is 5.02 Å². The van der Waals surface area contributed by atoms with Crippen LogP contribution in [0.15, 0.2) is 48.5 Å². The summed E-state index contributed by atoms with van der Waals surface area (Å²) in [4.78, 5) is 23.6. The molecule has 4 heteroatoms. The maximum atomic E-state index is 12.3. The molecule has 2 rings (SSSR count). The second-order valence-corrected chi connectivity index (χ2v) is 5.16. The van der Waals surface area contributed by atoms with Gasteiger partial charge in [-0.1, -0.05) is 35.9 Å². The van der Waals surface area contributed by atoms with Gasteiger partial charge in [0.1, 0.15) is 5.75 Å². The maximum Gasteiger partial charge on any atom is 0.203 e. The van der Waals surface area contributed by atoms with Crippen LogP contribution >= 0.6 is 11.6 Å². The van der Waals surface area contributed by atoms with E-state index in [1.54, 1.807) is 55.5 Å². The van der Waals surface area contributed by atoms with Crippen molar-refractivity contribution in [2.24, 2.45) is 0 Å². The molecule has 3 nitrogen and oxygen atoms in total. The lowest BCUT2D eigenvalue weighted by atomic mass is 10.1. The van der Waals surface area contributed by atoms with Crippen molar-refractivity contribution in [1.82, 2.24) is 0 Å². The minimum atomic E-state index is -0.661. The number of benzene rings is 2. The molecule has 0 fully saturated rings. The van der Waals surface area contributed by atoms with Gasteiger partial charge < -0.3 is 4.74 Å². The third-order valence-electron chi connectivity index (χ3n) is 3.03. The van der Waals surface area contributed by atoms with Crippen LogP contribution in [0.5, 0.6) is 5.75 Å². The fraction of sp³-hybridized carbons (Fsp3) is 0.176. The lowest BCUT2D eigenvalue weighted by Crippen LogP contribution is -2.24. The Morgan fingerprint density at radius 1 is 1.05 bits per heavy atom. The first-order chi connectivity index (χ1) is 9.97. The van der Waals surface area contributed by atoms with Crippen molar-refractivity contribution >= 4 is 23.2 Å². The van der Waals surface area contributed by atoms with Crippen LogP contribution in [0.3, 0.4) is 0 Å². The first-order valence-electron chi connectivity index (χ1n) is 6.55. The van der Waals surface area contributed by atoms with Gasteiger partial charge in [0.25, 0.3) is 0 Å². The molecule has 0 saturated heterocycles. The molecule has 0 N–H and O–H groups in total. The average Bonchev–Trinajstić information content (AvgIpc) is 2.46. The number of ketones is 2. The summed E-state index contributed by atoms with van der Waals surface area (Å²) in [5.41, 5.74) is 1.05. The molecule has 0 aromatic heterocycles. The van der Waals surface area contributed by atoms with Gasteiger partial charge in [-0.3, -0.25) is 9.59 Å². The topological polar surface area (TPSA) is 43.4 Å². The molecule has 0 amide bonds. The van der Waals surface area contributed by atoms with Gasteiger partial charge in [-0.15, -0.1) is 0 Å². The van der Waals surface area contributed by atoms with E-state index < -0.39 is 6.10 Å². The van der Waals surface area contributed by atoms with E-state index in [2.05, 4.69) is 0 Å². The highest BCUT2D eigenvalue weighted by Crippen LogP contribution is 2.18. The molecule has 0 heterocycles. The van der Waals surface area contributed by atoms with Crippen LogP contribution in [-0.2, 0) is 0 Å². The fourth-order valence-corrected chi connectivity index (χ4v) is 2.11. The van der Waals surface area contributed by atoms with Gasteiger partial charge in [0.15, 0.2) is 11.9 Å². The van der Waals surface area contributed by atoms with Crippen LogP contribution < -0.4 is 4.74 Å². The molecular weight excluding hydrogens is 288 g/mol. The first-order valence-corrected chi connectivity index (χ1v) is 6.92. The van der Waals surface area contributed by atoms with Gasteiger partial charge in [0, 0.05) is 16.1 Å². The molecule has 1 unspecified atom stereocenters. The molecule has 0 aliphatic heterocycles. The Bertz CT molecular complexity index is 679. The fourth-order valence-electron chi connectivity index (χ4n) is 1.92. The molecule has 2 aromatic carbocycles. The zero-order valence-electron chi connectivity index (χ0n) is 11.8. The quantitative estimate of drug-likeness (QED) is 0.778. The van der Waals surface area contributed by atoms with E-state index in [1.807, 2.05) is 0 Å². The van der Waals surface area contributed by atoms with Gasteiger partial charge in [-0.2, -0.15) is 0 Å². The van der Waals surface area contributed by atoms with E-state index in [1.165, 1.54) is 6.92 Å². The summed E-state index contributed by atoms with van der Waals surface area (Å²) in [6, 6.07) is 13.5. The summed E-state index contributed by atoms with van der Waals surface area (Å²) in [7, 11) is 0. The van der Waals surface area contributed by atoms with E-state index in [0.29, 0.717) is 21.9 Å². The lowest BCUT2D eigenvalue weighted by molar-refractivity contribution is 0.0818. The van der Waals surface area contributed by atoms with Crippen LogP contribution in [0.4, 0.5) is 0 Å². The van der Waals surface area contributed by atoms with Crippen LogP contribution in [0.25, 0.3) is 0 Å². The number of hydrogen-bond donors (Lipinski definition) is 0. The van der Waals surface area contributed by atoms with Crippen molar-refractivity contribution in [3.8, 4) is 5.75 Å².